The molecule has 0 saturated heterocycles. The molecule has 55 heavy (non-hydrogen) atoms. The standard InChI is InChI=1S/C50H27BN4/c1-3-12-30-22-40-36(20-28(30)10-1)46-49-52(42-24-32-14-5-7-16-34(32)26-44(42)54(40)49)38-18-9-19-39-48(38)51(46)47-37-21-29-11-2-4-13-31(29)23-41(37)55-45-27-35-17-8-6-15-33(35)25-43(45)53(39)50(47)55/h1-27H. The Morgan fingerprint density at radius 2 is 0.618 bits per heavy atom. The van der Waals surface area contributed by atoms with E-state index in [9.17, 15) is 0 Å². The minimum atomic E-state index is 0.0194. The predicted octanol–water partition coefficient (Wildman–Crippen LogP) is 10.1. The third-order valence-corrected chi connectivity index (χ3v) is 13.2. The van der Waals surface area contributed by atoms with Crippen molar-refractivity contribution in [1.82, 2.24) is 17.9 Å². The average Bonchev–Trinajstić information content (AvgIpc) is 3.94. The van der Waals surface area contributed by atoms with Crippen molar-refractivity contribution >= 4 is 121 Å². The first kappa shape index (κ1) is 27.4. The Hall–Kier alpha value is -7.24. The number of nitrogens with zero attached hydrogens (tertiary/aromatic N) is 4. The molecular weight excluding hydrogens is 667 g/mol. The van der Waals surface area contributed by atoms with Gasteiger partial charge in [0.25, 0.3) is 6.71 Å². The van der Waals surface area contributed by atoms with Gasteiger partial charge >= 0.3 is 0 Å². The molecule has 2 aliphatic rings. The van der Waals surface area contributed by atoms with Crippen LogP contribution in [0.1, 0.15) is 0 Å². The van der Waals surface area contributed by atoms with Crippen LogP contribution >= 0.6 is 0 Å². The zero-order valence-electron chi connectivity index (χ0n) is 29.5. The minimum Gasteiger partial charge on any atom is -0.295 e. The minimum absolute atomic E-state index is 0.0194. The maximum atomic E-state index is 2.59. The lowest BCUT2D eigenvalue weighted by Crippen LogP contribution is -2.59. The fraction of sp³-hybridized carbons (Fsp3) is 0. The summed E-state index contributed by atoms with van der Waals surface area (Å²) in [5.74, 6) is 0. The summed E-state index contributed by atoms with van der Waals surface area (Å²) in [6.45, 7) is 0.0194. The topological polar surface area (TPSA) is 18.7 Å². The smallest absolute Gasteiger partial charge is 0.258 e. The summed E-state index contributed by atoms with van der Waals surface area (Å²) in [6.07, 6.45) is 0. The highest BCUT2D eigenvalue weighted by Crippen LogP contribution is 2.42. The Morgan fingerprint density at radius 1 is 0.291 bits per heavy atom. The van der Waals surface area contributed by atoms with Crippen LogP contribution in [-0.2, 0) is 0 Å². The van der Waals surface area contributed by atoms with Gasteiger partial charge in [-0.05, 0) is 131 Å². The maximum Gasteiger partial charge on any atom is 0.258 e. The van der Waals surface area contributed by atoms with Gasteiger partial charge in [0.1, 0.15) is 11.3 Å². The van der Waals surface area contributed by atoms with Gasteiger partial charge in [0.05, 0.1) is 33.1 Å². The van der Waals surface area contributed by atoms with Crippen molar-refractivity contribution in [2.24, 2.45) is 0 Å². The molecule has 4 aromatic heterocycles. The molecular formula is C50H27BN4. The number of fused-ring (bicyclic) bond motifs is 20. The van der Waals surface area contributed by atoms with Crippen LogP contribution in [0.3, 0.4) is 0 Å². The molecule has 0 fully saturated rings. The van der Waals surface area contributed by atoms with Crippen LogP contribution in [0.2, 0.25) is 0 Å². The maximum absolute atomic E-state index is 2.59. The van der Waals surface area contributed by atoms with E-state index in [0.717, 1.165) is 0 Å². The highest BCUT2D eigenvalue weighted by atomic mass is 15.2. The number of imidazole rings is 2. The molecule has 2 aliphatic heterocycles. The van der Waals surface area contributed by atoms with Gasteiger partial charge in [-0.15, -0.1) is 0 Å². The van der Waals surface area contributed by atoms with Crippen LogP contribution in [-0.4, -0.2) is 24.6 Å². The second kappa shape index (κ2) is 9.10. The number of hydrogen-bond donors (Lipinski definition) is 0. The SMILES string of the molecule is c1cc2c3c(c1)-n1c4cc5ccccc5cc4n4c5cc6ccccc6cc5c(c14)B3c1c3cc4ccccc4cc3n3c4cc5ccccc5cc4n-2c13. The second-order valence-corrected chi connectivity index (χ2v) is 15.8. The first-order chi connectivity index (χ1) is 27.3. The Kier molecular flexibility index (Phi) is 4.53. The Bertz CT molecular complexity index is 3710. The van der Waals surface area contributed by atoms with E-state index >= 15 is 0 Å². The highest BCUT2D eigenvalue weighted by Gasteiger charge is 2.45. The van der Waals surface area contributed by atoms with Crippen molar-refractivity contribution in [3.63, 3.8) is 0 Å². The first-order valence-electron chi connectivity index (χ1n) is 19.2. The monoisotopic (exact) mass is 694 g/mol. The van der Waals surface area contributed by atoms with Crippen LogP contribution in [0.5, 0.6) is 0 Å². The largest absolute Gasteiger partial charge is 0.295 e. The summed E-state index contributed by atoms with van der Waals surface area (Å²) >= 11 is 0. The van der Waals surface area contributed by atoms with E-state index in [-0.39, 0.29) is 6.71 Å². The quantitative estimate of drug-likeness (QED) is 0.141. The molecule has 0 amide bonds. The molecule has 250 valence electrons. The van der Waals surface area contributed by atoms with E-state index in [4.69, 9.17) is 0 Å². The van der Waals surface area contributed by atoms with Gasteiger partial charge in [-0.1, -0.05) is 103 Å². The average molecular weight is 695 g/mol. The molecule has 5 heteroatoms. The molecule has 15 rings (SSSR count). The summed E-state index contributed by atoms with van der Waals surface area (Å²) in [4.78, 5) is 0. The van der Waals surface area contributed by atoms with Crippen LogP contribution in [0.15, 0.2) is 164 Å². The number of hydrogen-bond acceptors (Lipinski definition) is 0. The number of benzene rings is 9. The van der Waals surface area contributed by atoms with Crippen LogP contribution < -0.4 is 16.4 Å². The van der Waals surface area contributed by atoms with Crippen LogP contribution in [0, 0.1) is 0 Å². The van der Waals surface area contributed by atoms with Crippen molar-refractivity contribution in [1.29, 1.82) is 0 Å². The lowest BCUT2D eigenvalue weighted by Gasteiger charge is -2.31. The van der Waals surface area contributed by atoms with E-state index in [0.29, 0.717) is 0 Å². The van der Waals surface area contributed by atoms with E-state index < -0.39 is 0 Å². The van der Waals surface area contributed by atoms with Gasteiger partial charge in [0.2, 0.25) is 0 Å². The summed E-state index contributed by atoms with van der Waals surface area (Å²) < 4.78 is 10.3. The normalized spacial score (nSPS) is 13.4. The number of aromatic nitrogens is 4. The molecule has 0 spiro atoms. The molecule has 0 aliphatic carbocycles. The van der Waals surface area contributed by atoms with Crippen molar-refractivity contribution < 1.29 is 0 Å². The summed E-state index contributed by atoms with van der Waals surface area (Å²) in [5, 5.41) is 12.8. The van der Waals surface area contributed by atoms with Crippen molar-refractivity contribution in [3.8, 4) is 11.4 Å². The van der Waals surface area contributed by atoms with E-state index in [1.807, 2.05) is 0 Å². The molecule has 4 nitrogen and oxygen atoms in total. The Labute approximate surface area is 313 Å². The molecule has 0 N–H and O–H groups in total. The van der Waals surface area contributed by atoms with Gasteiger partial charge in [-0.3, -0.25) is 17.9 Å². The molecule has 6 heterocycles. The lowest BCUT2D eigenvalue weighted by molar-refractivity contribution is 1.12. The highest BCUT2D eigenvalue weighted by molar-refractivity contribution is 7.02. The second-order valence-electron chi connectivity index (χ2n) is 15.8. The molecule has 0 bridgehead atoms. The summed E-state index contributed by atoms with van der Waals surface area (Å²) in [5.41, 5.74) is 16.7. The van der Waals surface area contributed by atoms with E-state index in [1.54, 1.807) is 0 Å². The van der Waals surface area contributed by atoms with Gasteiger partial charge in [-0.2, -0.15) is 0 Å². The van der Waals surface area contributed by atoms with Crippen LogP contribution in [0.4, 0.5) is 0 Å². The first-order valence-corrected chi connectivity index (χ1v) is 19.2. The zero-order chi connectivity index (χ0) is 35.3. The van der Waals surface area contributed by atoms with Crippen molar-refractivity contribution in [3.05, 3.63) is 164 Å². The third kappa shape index (κ3) is 3.07. The molecule has 13 aromatic rings. The van der Waals surface area contributed by atoms with E-state index in [2.05, 4.69) is 182 Å². The predicted molar refractivity (Wildman–Crippen MR) is 232 cm³/mol. The fourth-order valence-corrected chi connectivity index (χ4v) is 11.0. The van der Waals surface area contributed by atoms with Crippen LogP contribution in [0.25, 0.3) is 110 Å². The van der Waals surface area contributed by atoms with Gasteiger partial charge in [-0.25, -0.2) is 0 Å². The van der Waals surface area contributed by atoms with E-state index in [1.165, 1.54) is 126 Å². The van der Waals surface area contributed by atoms with Crippen molar-refractivity contribution in [2.75, 3.05) is 0 Å². The summed E-state index contributed by atoms with van der Waals surface area (Å²) in [7, 11) is 0. The third-order valence-electron chi connectivity index (χ3n) is 13.2. The van der Waals surface area contributed by atoms with Crippen molar-refractivity contribution in [2.45, 2.75) is 0 Å². The lowest BCUT2D eigenvalue weighted by atomic mass is 9.34. The molecule has 0 atom stereocenters. The fourth-order valence-electron chi connectivity index (χ4n) is 11.0. The molecule has 0 radical (unpaired) electrons. The summed E-state index contributed by atoms with van der Waals surface area (Å²) in [6, 6.07) is 61.8. The molecule has 9 aromatic carbocycles. The van der Waals surface area contributed by atoms with Gasteiger partial charge < -0.3 is 0 Å². The zero-order valence-corrected chi connectivity index (χ0v) is 29.5. The van der Waals surface area contributed by atoms with Gasteiger partial charge in [0.15, 0.2) is 0 Å². The molecule has 0 saturated carbocycles. The molecule has 0 unspecified atom stereocenters. The Morgan fingerprint density at radius 3 is 1.00 bits per heavy atom. The van der Waals surface area contributed by atoms with Gasteiger partial charge in [0, 0.05) is 11.4 Å². The Balaban J connectivity index is 1.23. The number of rotatable bonds is 0.